The highest BCUT2D eigenvalue weighted by molar-refractivity contribution is 5.61. The summed E-state index contributed by atoms with van der Waals surface area (Å²) in [4.78, 5) is 4.59. The van der Waals surface area contributed by atoms with Crippen molar-refractivity contribution in [1.82, 2.24) is 4.90 Å². The first-order valence-electron chi connectivity index (χ1n) is 6.15. The summed E-state index contributed by atoms with van der Waals surface area (Å²) in [6.07, 6.45) is 1.21. The number of benzene rings is 1. The van der Waals surface area contributed by atoms with Crippen molar-refractivity contribution in [2.75, 3.05) is 46.2 Å². The third kappa shape index (κ3) is 2.55. The van der Waals surface area contributed by atoms with Crippen molar-refractivity contribution in [1.29, 1.82) is 0 Å². The second-order valence-corrected chi connectivity index (χ2v) is 5.09. The number of hydrogen-bond donors (Lipinski definition) is 0. The van der Waals surface area contributed by atoms with Gasteiger partial charge in [-0.1, -0.05) is 0 Å². The van der Waals surface area contributed by atoms with Crippen LogP contribution < -0.4 is 9.64 Å². The molecular formula is C14H22N2O. The first-order chi connectivity index (χ1) is 8.11. The molecule has 0 saturated carbocycles. The number of anilines is 1. The second kappa shape index (κ2) is 4.96. The molecule has 1 atom stereocenters. The Bertz CT molecular complexity index is 390. The van der Waals surface area contributed by atoms with Gasteiger partial charge in [-0.25, -0.2) is 0 Å². The Labute approximate surface area is 104 Å². The van der Waals surface area contributed by atoms with Crippen LogP contribution in [0.25, 0.3) is 0 Å². The minimum Gasteiger partial charge on any atom is -0.497 e. The lowest BCUT2D eigenvalue weighted by molar-refractivity contribution is 0.383. The fourth-order valence-corrected chi connectivity index (χ4v) is 2.52. The molecule has 3 heteroatoms. The van der Waals surface area contributed by atoms with Crippen LogP contribution in [0.1, 0.15) is 17.9 Å². The van der Waals surface area contributed by atoms with Crippen molar-refractivity contribution in [3.63, 3.8) is 0 Å². The Kier molecular flexibility index (Phi) is 3.57. The smallest absolute Gasteiger partial charge is 0.119 e. The van der Waals surface area contributed by atoms with Crippen molar-refractivity contribution in [3.8, 4) is 5.75 Å². The lowest BCUT2D eigenvalue weighted by Gasteiger charge is -2.15. The highest BCUT2D eigenvalue weighted by Crippen LogP contribution is 2.39. The monoisotopic (exact) mass is 234 g/mol. The van der Waals surface area contributed by atoms with Gasteiger partial charge in [-0.15, -0.1) is 0 Å². The van der Waals surface area contributed by atoms with Gasteiger partial charge in [0.1, 0.15) is 5.75 Å². The SMILES string of the molecule is COc1ccc2c(c1)[C@@H](CCN(C)C)CN2C. The zero-order valence-corrected chi connectivity index (χ0v) is 11.2. The minimum atomic E-state index is 0.632. The molecule has 0 aliphatic carbocycles. The summed E-state index contributed by atoms with van der Waals surface area (Å²) in [5.41, 5.74) is 2.79. The van der Waals surface area contributed by atoms with E-state index in [0.717, 1.165) is 18.8 Å². The van der Waals surface area contributed by atoms with Gasteiger partial charge in [0.2, 0.25) is 0 Å². The summed E-state index contributed by atoms with van der Waals surface area (Å²) >= 11 is 0. The summed E-state index contributed by atoms with van der Waals surface area (Å²) in [5.74, 6) is 1.60. The molecule has 0 bridgehead atoms. The summed E-state index contributed by atoms with van der Waals surface area (Å²) in [7, 11) is 8.16. The van der Waals surface area contributed by atoms with Gasteiger partial charge in [0, 0.05) is 25.2 Å². The van der Waals surface area contributed by atoms with E-state index in [1.807, 2.05) is 6.07 Å². The first-order valence-corrected chi connectivity index (χ1v) is 6.15. The minimum absolute atomic E-state index is 0.632. The van der Waals surface area contributed by atoms with Crippen LogP contribution in [0.15, 0.2) is 18.2 Å². The average molecular weight is 234 g/mol. The average Bonchev–Trinajstić information content (AvgIpc) is 2.63. The maximum absolute atomic E-state index is 5.32. The molecular weight excluding hydrogens is 212 g/mol. The molecule has 0 N–H and O–H groups in total. The number of hydrogen-bond acceptors (Lipinski definition) is 3. The van der Waals surface area contributed by atoms with Crippen molar-refractivity contribution >= 4 is 5.69 Å². The van der Waals surface area contributed by atoms with Gasteiger partial charge in [-0.05, 0) is 50.8 Å². The molecule has 0 amide bonds. The first kappa shape index (κ1) is 12.2. The number of nitrogens with zero attached hydrogens (tertiary/aromatic N) is 2. The van der Waals surface area contributed by atoms with Gasteiger partial charge < -0.3 is 14.5 Å². The van der Waals surface area contributed by atoms with Crippen molar-refractivity contribution in [2.24, 2.45) is 0 Å². The molecule has 0 saturated heterocycles. The third-order valence-electron chi connectivity index (χ3n) is 3.50. The predicted octanol–water partition coefficient (Wildman–Crippen LogP) is 2.18. The van der Waals surface area contributed by atoms with Crippen LogP contribution in [0, 0.1) is 0 Å². The molecule has 0 aromatic heterocycles. The maximum atomic E-state index is 5.32. The summed E-state index contributed by atoms with van der Waals surface area (Å²) < 4.78 is 5.32. The molecule has 3 nitrogen and oxygen atoms in total. The van der Waals surface area contributed by atoms with E-state index in [0.29, 0.717) is 5.92 Å². The van der Waals surface area contributed by atoms with E-state index in [1.54, 1.807) is 7.11 Å². The highest BCUT2D eigenvalue weighted by atomic mass is 16.5. The standard InChI is InChI=1S/C14H22N2O/c1-15(2)8-7-11-10-16(3)14-6-5-12(17-4)9-13(11)14/h5-6,9,11H,7-8,10H2,1-4H3/t11-/m0/s1. The Morgan fingerprint density at radius 1 is 1.41 bits per heavy atom. The number of fused-ring (bicyclic) bond motifs is 1. The molecule has 1 aromatic carbocycles. The molecule has 17 heavy (non-hydrogen) atoms. The Morgan fingerprint density at radius 2 is 2.18 bits per heavy atom. The van der Waals surface area contributed by atoms with Crippen LogP contribution in [-0.4, -0.2) is 46.2 Å². The molecule has 94 valence electrons. The number of ether oxygens (including phenoxy) is 1. The molecule has 0 unspecified atom stereocenters. The van der Waals surface area contributed by atoms with Crippen LogP contribution in [0.3, 0.4) is 0 Å². The molecule has 0 radical (unpaired) electrons. The van der Waals surface area contributed by atoms with Gasteiger partial charge in [0.25, 0.3) is 0 Å². The van der Waals surface area contributed by atoms with E-state index < -0.39 is 0 Å². The van der Waals surface area contributed by atoms with Gasteiger partial charge in [-0.3, -0.25) is 0 Å². The molecule has 2 rings (SSSR count). The van der Waals surface area contributed by atoms with Gasteiger partial charge >= 0.3 is 0 Å². The Hall–Kier alpha value is -1.22. The Balaban J connectivity index is 2.19. The van der Waals surface area contributed by atoms with Crippen LogP contribution in [0.2, 0.25) is 0 Å². The number of rotatable bonds is 4. The lowest BCUT2D eigenvalue weighted by atomic mass is 9.97. The van der Waals surface area contributed by atoms with Crippen molar-refractivity contribution in [2.45, 2.75) is 12.3 Å². The molecule has 1 aliphatic rings. The van der Waals surface area contributed by atoms with E-state index in [2.05, 4.69) is 43.1 Å². The quantitative estimate of drug-likeness (QED) is 0.794. The third-order valence-corrected chi connectivity index (χ3v) is 3.50. The summed E-state index contributed by atoms with van der Waals surface area (Å²) in [6.45, 7) is 2.26. The van der Waals surface area contributed by atoms with Crippen molar-refractivity contribution in [3.05, 3.63) is 23.8 Å². The number of likely N-dealkylation sites (N-methyl/N-ethyl adjacent to an activating group) is 1. The maximum Gasteiger partial charge on any atom is 0.119 e. The van der Waals surface area contributed by atoms with Crippen LogP contribution in [-0.2, 0) is 0 Å². The molecule has 1 heterocycles. The summed E-state index contributed by atoms with van der Waals surface area (Å²) in [5, 5.41) is 0. The van der Waals surface area contributed by atoms with Gasteiger partial charge in [-0.2, -0.15) is 0 Å². The molecule has 1 aliphatic heterocycles. The topological polar surface area (TPSA) is 15.7 Å². The van der Waals surface area contributed by atoms with E-state index in [-0.39, 0.29) is 0 Å². The highest BCUT2D eigenvalue weighted by Gasteiger charge is 2.26. The predicted molar refractivity (Wildman–Crippen MR) is 72.2 cm³/mol. The van der Waals surface area contributed by atoms with E-state index in [1.165, 1.54) is 17.7 Å². The fraction of sp³-hybridized carbons (Fsp3) is 0.571. The van der Waals surface area contributed by atoms with Gasteiger partial charge in [0.05, 0.1) is 7.11 Å². The van der Waals surface area contributed by atoms with E-state index in [4.69, 9.17) is 4.74 Å². The van der Waals surface area contributed by atoms with Crippen LogP contribution in [0.4, 0.5) is 5.69 Å². The number of methoxy groups -OCH3 is 1. The molecule has 0 fully saturated rings. The van der Waals surface area contributed by atoms with Crippen LogP contribution >= 0.6 is 0 Å². The second-order valence-electron chi connectivity index (χ2n) is 5.09. The van der Waals surface area contributed by atoms with E-state index >= 15 is 0 Å². The zero-order chi connectivity index (χ0) is 12.4. The fourth-order valence-electron chi connectivity index (χ4n) is 2.52. The van der Waals surface area contributed by atoms with Crippen molar-refractivity contribution < 1.29 is 4.74 Å². The summed E-state index contributed by atoms with van der Waals surface area (Å²) in [6, 6.07) is 6.41. The molecule has 0 spiro atoms. The van der Waals surface area contributed by atoms with E-state index in [9.17, 15) is 0 Å². The lowest BCUT2D eigenvalue weighted by Crippen LogP contribution is -2.19. The zero-order valence-electron chi connectivity index (χ0n) is 11.2. The van der Waals surface area contributed by atoms with Crippen LogP contribution in [0.5, 0.6) is 5.75 Å². The normalized spacial score (nSPS) is 18.6. The molecule has 1 aromatic rings. The largest absolute Gasteiger partial charge is 0.497 e. The van der Waals surface area contributed by atoms with Gasteiger partial charge in [0.15, 0.2) is 0 Å². The Morgan fingerprint density at radius 3 is 2.82 bits per heavy atom.